The third-order valence-electron chi connectivity index (χ3n) is 6.52. The van der Waals surface area contributed by atoms with Crippen LogP contribution in [0.25, 0.3) is 0 Å². The summed E-state index contributed by atoms with van der Waals surface area (Å²) < 4.78 is 12.1. The molecule has 6 heteroatoms. The molecule has 0 spiro atoms. The topological polar surface area (TPSA) is 77.8 Å². The highest BCUT2D eigenvalue weighted by Crippen LogP contribution is 2.52. The molecule has 0 aliphatic rings. The summed E-state index contributed by atoms with van der Waals surface area (Å²) in [6.45, 7) is 2.31. The quantitative estimate of drug-likeness (QED) is 0.0524. The maximum absolute atomic E-state index is 11.8. The molecule has 0 aliphatic heterocycles. The van der Waals surface area contributed by atoms with Gasteiger partial charge in [-0.05, 0) is 64.2 Å². The van der Waals surface area contributed by atoms with Crippen molar-refractivity contribution < 1.29 is 23.9 Å². The van der Waals surface area contributed by atoms with E-state index in [0.717, 1.165) is 25.7 Å². The van der Waals surface area contributed by atoms with Crippen molar-refractivity contribution in [3.63, 3.8) is 0 Å². The van der Waals surface area contributed by atoms with Gasteiger partial charge >= 0.3 is 7.60 Å². The maximum Gasteiger partial charge on any atom is 0.362 e. The lowest BCUT2D eigenvalue weighted by molar-refractivity contribution is -0.875. The lowest BCUT2D eigenvalue weighted by atomic mass is 10.1. The maximum atomic E-state index is 11.8. The SMILES string of the molecule is CCCCC/C=C\CCCCCCCCC/C=C\CCCCCCC(O)(C[N+](C)(C)C)P(=O)(O)O. The van der Waals surface area contributed by atoms with E-state index in [1.165, 1.54) is 83.5 Å². The molecule has 0 aromatic heterocycles. The predicted molar refractivity (Wildman–Crippen MR) is 152 cm³/mol. The first-order valence-electron chi connectivity index (χ1n) is 14.4. The third kappa shape index (κ3) is 21.4. The van der Waals surface area contributed by atoms with E-state index < -0.39 is 12.9 Å². The van der Waals surface area contributed by atoms with Gasteiger partial charge in [-0.1, -0.05) is 89.0 Å². The predicted octanol–water partition coefficient (Wildman–Crippen LogP) is 8.10. The summed E-state index contributed by atoms with van der Waals surface area (Å²) in [4.78, 5) is 19.2. The van der Waals surface area contributed by atoms with Crippen molar-refractivity contribution in [2.75, 3.05) is 27.7 Å². The van der Waals surface area contributed by atoms with E-state index in [-0.39, 0.29) is 13.0 Å². The van der Waals surface area contributed by atoms with Crippen LogP contribution in [-0.4, -0.2) is 52.4 Å². The Bertz CT molecular complexity index is 594. The molecular weight excluding hydrogens is 457 g/mol. The van der Waals surface area contributed by atoms with Crippen LogP contribution in [0.4, 0.5) is 0 Å². The van der Waals surface area contributed by atoms with Crippen molar-refractivity contribution in [2.45, 2.75) is 134 Å². The van der Waals surface area contributed by atoms with Crippen molar-refractivity contribution in [1.82, 2.24) is 0 Å². The zero-order valence-electron chi connectivity index (χ0n) is 23.6. The first-order valence-corrected chi connectivity index (χ1v) is 16.0. The average Bonchev–Trinajstić information content (AvgIpc) is 2.75. The molecule has 0 saturated carbocycles. The number of quaternary nitrogens is 1. The molecule has 0 fully saturated rings. The third-order valence-corrected chi connectivity index (χ3v) is 7.97. The molecule has 35 heavy (non-hydrogen) atoms. The number of unbranched alkanes of at least 4 members (excludes halogenated alkanes) is 15. The molecule has 0 saturated heterocycles. The molecule has 0 bridgehead atoms. The van der Waals surface area contributed by atoms with Crippen LogP contribution in [-0.2, 0) is 4.57 Å². The van der Waals surface area contributed by atoms with Gasteiger partial charge in [0.15, 0.2) is 0 Å². The summed E-state index contributed by atoms with van der Waals surface area (Å²) in [5.74, 6) is 0. The molecule has 0 aromatic carbocycles. The summed E-state index contributed by atoms with van der Waals surface area (Å²) in [5.41, 5.74) is 0. The van der Waals surface area contributed by atoms with Crippen LogP contribution < -0.4 is 0 Å². The molecule has 1 atom stereocenters. The highest BCUT2D eigenvalue weighted by molar-refractivity contribution is 7.53. The van der Waals surface area contributed by atoms with Crippen LogP contribution in [0, 0.1) is 0 Å². The van der Waals surface area contributed by atoms with Gasteiger partial charge in [-0.2, -0.15) is 0 Å². The molecule has 3 N–H and O–H groups in total. The highest BCUT2D eigenvalue weighted by Gasteiger charge is 2.48. The number of rotatable bonds is 24. The first-order chi connectivity index (χ1) is 16.5. The second-order valence-corrected chi connectivity index (χ2v) is 13.3. The van der Waals surface area contributed by atoms with Crippen molar-refractivity contribution in [1.29, 1.82) is 0 Å². The fourth-order valence-corrected chi connectivity index (χ4v) is 5.55. The van der Waals surface area contributed by atoms with Gasteiger partial charge in [-0.3, -0.25) is 4.57 Å². The largest absolute Gasteiger partial charge is 0.373 e. The minimum Gasteiger partial charge on any atom is -0.373 e. The van der Waals surface area contributed by atoms with Gasteiger partial charge in [0.1, 0.15) is 6.54 Å². The van der Waals surface area contributed by atoms with Crippen molar-refractivity contribution in [3.8, 4) is 0 Å². The zero-order chi connectivity index (χ0) is 26.5. The van der Waals surface area contributed by atoms with Gasteiger partial charge in [0.25, 0.3) is 0 Å². The number of allylic oxidation sites excluding steroid dienone is 4. The normalized spacial score (nSPS) is 14.8. The van der Waals surface area contributed by atoms with Gasteiger partial charge in [-0.25, -0.2) is 0 Å². The molecule has 0 aliphatic carbocycles. The second kappa shape index (κ2) is 20.6. The lowest BCUT2D eigenvalue weighted by Crippen LogP contribution is -2.49. The van der Waals surface area contributed by atoms with E-state index in [1.807, 2.05) is 21.1 Å². The molecule has 0 amide bonds. The van der Waals surface area contributed by atoms with Crippen LogP contribution in [0.1, 0.15) is 129 Å². The molecule has 0 heterocycles. The lowest BCUT2D eigenvalue weighted by Gasteiger charge is -2.35. The van der Waals surface area contributed by atoms with E-state index in [0.29, 0.717) is 10.9 Å². The van der Waals surface area contributed by atoms with E-state index >= 15 is 0 Å². The van der Waals surface area contributed by atoms with E-state index in [9.17, 15) is 19.5 Å². The van der Waals surface area contributed by atoms with Gasteiger partial charge in [0.05, 0.1) is 21.1 Å². The van der Waals surface area contributed by atoms with Crippen LogP contribution in [0.15, 0.2) is 24.3 Å². The number of hydrogen-bond donors (Lipinski definition) is 3. The Balaban J connectivity index is 3.57. The van der Waals surface area contributed by atoms with Crippen molar-refractivity contribution in [2.24, 2.45) is 0 Å². The molecule has 0 radical (unpaired) electrons. The standard InChI is InChI=1S/C29H58NO4P/c1-5-6-7-8-9-10-11-12-13-14-15-16-17-18-19-20-21-22-23-24-25-26-27-29(31,35(32,33)34)28-30(2,3)4/h9-10,20-21,31H,5-8,11-19,22-28H2,1-4H3,(H-,32,33,34)/p+1/b10-9-,21-20-. The Morgan fingerprint density at radius 1 is 0.629 bits per heavy atom. The Morgan fingerprint density at radius 2 is 0.971 bits per heavy atom. The highest BCUT2D eigenvalue weighted by atomic mass is 31.2. The zero-order valence-corrected chi connectivity index (χ0v) is 24.5. The summed E-state index contributed by atoms with van der Waals surface area (Å²) in [6, 6.07) is 0. The molecule has 0 rings (SSSR count). The molecule has 1 unspecified atom stereocenters. The Hall–Kier alpha value is -0.450. The van der Waals surface area contributed by atoms with Crippen LogP contribution in [0.2, 0.25) is 0 Å². The molecule has 0 aromatic rings. The summed E-state index contributed by atoms with van der Waals surface area (Å²) in [7, 11) is 0.956. The smallest absolute Gasteiger partial charge is 0.362 e. The summed E-state index contributed by atoms with van der Waals surface area (Å²) in [6.07, 6.45) is 31.3. The van der Waals surface area contributed by atoms with E-state index in [2.05, 4.69) is 31.2 Å². The monoisotopic (exact) mass is 516 g/mol. The Morgan fingerprint density at radius 3 is 1.31 bits per heavy atom. The average molecular weight is 517 g/mol. The molecule has 208 valence electrons. The summed E-state index contributed by atoms with van der Waals surface area (Å²) >= 11 is 0. The van der Waals surface area contributed by atoms with E-state index in [4.69, 9.17) is 0 Å². The van der Waals surface area contributed by atoms with E-state index in [1.54, 1.807) is 0 Å². The van der Waals surface area contributed by atoms with Gasteiger partial charge in [0.2, 0.25) is 5.34 Å². The number of likely N-dealkylation sites (N-methyl/N-ethyl adjacent to an activating group) is 1. The minimum atomic E-state index is -4.55. The first kappa shape index (κ1) is 34.6. The molecule has 5 nitrogen and oxygen atoms in total. The number of nitrogens with zero attached hydrogens (tertiary/aromatic N) is 1. The Kier molecular flexibility index (Phi) is 20.3. The van der Waals surface area contributed by atoms with Gasteiger partial charge < -0.3 is 19.4 Å². The minimum absolute atomic E-state index is 0.0524. The number of hydrogen-bond acceptors (Lipinski definition) is 2. The second-order valence-electron chi connectivity index (χ2n) is 11.4. The van der Waals surface area contributed by atoms with Crippen molar-refractivity contribution >= 4 is 7.60 Å². The van der Waals surface area contributed by atoms with Crippen LogP contribution >= 0.6 is 7.60 Å². The van der Waals surface area contributed by atoms with Gasteiger partial charge in [0, 0.05) is 0 Å². The molecular formula is C29H59NO4P+. The fraction of sp³-hybridized carbons (Fsp3) is 0.862. The van der Waals surface area contributed by atoms with Crippen LogP contribution in [0.3, 0.4) is 0 Å². The fourth-order valence-electron chi connectivity index (χ4n) is 4.49. The summed E-state index contributed by atoms with van der Waals surface area (Å²) in [5, 5.41) is 8.64. The Labute approximate surface area is 217 Å². The van der Waals surface area contributed by atoms with Gasteiger partial charge in [-0.15, -0.1) is 0 Å². The van der Waals surface area contributed by atoms with Crippen molar-refractivity contribution in [3.05, 3.63) is 24.3 Å². The number of aliphatic hydroxyl groups is 1. The van der Waals surface area contributed by atoms with Crippen LogP contribution in [0.5, 0.6) is 0 Å².